The number of halogens is 1. The van der Waals surface area contributed by atoms with Crippen LogP contribution in [0.1, 0.15) is 67.9 Å². The fourth-order valence-electron chi connectivity index (χ4n) is 2.92. The van der Waals surface area contributed by atoms with Gasteiger partial charge in [0.05, 0.1) is 5.69 Å². The first kappa shape index (κ1) is 17.8. The van der Waals surface area contributed by atoms with Gasteiger partial charge in [0, 0.05) is 12.5 Å². The molecule has 2 rings (SSSR count). The molecule has 1 aliphatic rings. The van der Waals surface area contributed by atoms with Crippen LogP contribution in [0.2, 0.25) is 5.15 Å². The lowest BCUT2D eigenvalue weighted by atomic mass is 9.89. The summed E-state index contributed by atoms with van der Waals surface area (Å²) in [6.07, 6.45) is 7.06. The summed E-state index contributed by atoms with van der Waals surface area (Å²) >= 11 is 6.25. The topological polar surface area (TPSA) is 76.0 Å². The van der Waals surface area contributed by atoms with E-state index in [0.717, 1.165) is 38.5 Å². The molecule has 0 radical (unpaired) electrons. The van der Waals surface area contributed by atoms with Crippen molar-refractivity contribution in [1.82, 2.24) is 20.6 Å². The second-order valence-corrected chi connectivity index (χ2v) is 6.46. The van der Waals surface area contributed by atoms with Crippen LogP contribution in [-0.2, 0) is 11.3 Å². The molecule has 1 fully saturated rings. The van der Waals surface area contributed by atoms with Crippen LogP contribution >= 0.6 is 11.6 Å². The maximum absolute atomic E-state index is 12.3. The van der Waals surface area contributed by atoms with Crippen molar-refractivity contribution in [3.05, 3.63) is 16.4 Å². The second-order valence-electron chi connectivity index (χ2n) is 6.11. The Kier molecular flexibility index (Phi) is 6.45. The van der Waals surface area contributed by atoms with E-state index in [1.54, 1.807) is 11.6 Å². The van der Waals surface area contributed by atoms with Gasteiger partial charge in [0.15, 0.2) is 0 Å². The molecule has 0 bridgehead atoms. The molecule has 128 valence electrons. The zero-order valence-corrected chi connectivity index (χ0v) is 14.6. The molecule has 0 aromatic carbocycles. The molecular formula is C16H25ClN4O2. The molecule has 1 aromatic heterocycles. The van der Waals surface area contributed by atoms with E-state index in [0.29, 0.717) is 23.0 Å². The van der Waals surface area contributed by atoms with E-state index in [9.17, 15) is 9.59 Å². The normalized spacial score (nSPS) is 15.4. The fourth-order valence-corrected chi connectivity index (χ4v) is 3.26. The van der Waals surface area contributed by atoms with Gasteiger partial charge in [-0.05, 0) is 26.2 Å². The summed E-state index contributed by atoms with van der Waals surface area (Å²) in [6, 6.07) is 0. The average Bonchev–Trinajstić information content (AvgIpc) is 2.85. The van der Waals surface area contributed by atoms with Gasteiger partial charge in [-0.2, -0.15) is 5.10 Å². The molecule has 0 spiro atoms. The summed E-state index contributed by atoms with van der Waals surface area (Å²) in [5, 5.41) is 4.62. The molecule has 2 amide bonds. The van der Waals surface area contributed by atoms with Crippen molar-refractivity contribution in [2.45, 2.75) is 65.3 Å². The van der Waals surface area contributed by atoms with Gasteiger partial charge in [0.1, 0.15) is 10.7 Å². The van der Waals surface area contributed by atoms with Crippen LogP contribution in [0.5, 0.6) is 0 Å². The minimum Gasteiger partial charge on any atom is -0.273 e. The zero-order valence-electron chi connectivity index (χ0n) is 13.8. The summed E-state index contributed by atoms with van der Waals surface area (Å²) in [4.78, 5) is 24.4. The van der Waals surface area contributed by atoms with Gasteiger partial charge in [-0.1, -0.05) is 44.2 Å². The van der Waals surface area contributed by atoms with Gasteiger partial charge in [-0.3, -0.25) is 25.1 Å². The number of hydrogen-bond acceptors (Lipinski definition) is 3. The van der Waals surface area contributed by atoms with Gasteiger partial charge in [-0.15, -0.1) is 0 Å². The second kappa shape index (κ2) is 8.34. The molecule has 6 nitrogen and oxygen atoms in total. The summed E-state index contributed by atoms with van der Waals surface area (Å²) in [6.45, 7) is 4.50. The highest BCUT2D eigenvalue weighted by Crippen LogP contribution is 2.23. The first-order chi connectivity index (χ1) is 11.0. The number of nitrogens with zero attached hydrogens (tertiary/aromatic N) is 2. The summed E-state index contributed by atoms with van der Waals surface area (Å²) in [5.74, 6) is -0.544. The largest absolute Gasteiger partial charge is 0.274 e. The van der Waals surface area contributed by atoms with Crippen LogP contribution in [-0.4, -0.2) is 21.6 Å². The van der Waals surface area contributed by atoms with E-state index in [2.05, 4.69) is 22.9 Å². The lowest BCUT2D eigenvalue weighted by Crippen LogP contribution is -2.45. The van der Waals surface area contributed by atoms with E-state index in [1.807, 2.05) is 0 Å². The Morgan fingerprint density at radius 2 is 1.96 bits per heavy atom. The SMILES string of the molecule is CCCCn1nc(C)c(C(=O)NNC(=O)C2CCCCC2)c1Cl. The molecule has 0 saturated heterocycles. The minimum atomic E-state index is -0.417. The standard InChI is InChI=1S/C16H25ClN4O2/c1-3-4-10-21-14(17)13(11(2)20-21)16(23)19-18-15(22)12-8-6-5-7-9-12/h12H,3-10H2,1-2H3,(H,18,22)(H,19,23). The van der Waals surface area contributed by atoms with Gasteiger partial charge >= 0.3 is 0 Å². The summed E-state index contributed by atoms with van der Waals surface area (Å²) in [5.41, 5.74) is 5.89. The van der Waals surface area contributed by atoms with E-state index >= 15 is 0 Å². The van der Waals surface area contributed by atoms with E-state index in [1.165, 1.54) is 6.42 Å². The van der Waals surface area contributed by atoms with Crippen LogP contribution in [0.25, 0.3) is 0 Å². The van der Waals surface area contributed by atoms with E-state index in [4.69, 9.17) is 11.6 Å². The van der Waals surface area contributed by atoms with Crippen molar-refractivity contribution in [2.75, 3.05) is 0 Å². The van der Waals surface area contributed by atoms with Crippen molar-refractivity contribution in [3.8, 4) is 0 Å². The van der Waals surface area contributed by atoms with Crippen molar-refractivity contribution < 1.29 is 9.59 Å². The predicted octanol–water partition coefficient (Wildman–Crippen LogP) is 2.99. The van der Waals surface area contributed by atoms with Crippen LogP contribution in [0, 0.1) is 12.8 Å². The molecule has 0 unspecified atom stereocenters. The van der Waals surface area contributed by atoms with E-state index < -0.39 is 5.91 Å². The monoisotopic (exact) mass is 340 g/mol. The Labute approximate surface area is 141 Å². The number of amides is 2. The van der Waals surface area contributed by atoms with Crippen LogP contribution in [0.15, 0.2) is 0 Å². The predicted molar refractivity (Wildman–Crippen MR) is 89.1 cm³/mol. The lowest BCUT2D eigenvalue weighted by Gasteiger charge is -2.20. The Bertz CT molecular complexity index is 565. The minimum absolute atomic E-state index is 0.00658. The number of carbonyl (C=O) groups is 2. The molecular weight excluding hydrogens is 316 g/mol. The third-order valence-corrected chi connectivity index (χ3v) is 4.68. The van der Waals surface area contributed by atoms with Gasteiger partial charge in [-0.25, -0.2) is 0 Å². The Balaban J connectivity index is 1.95. The lowest BCUT2D eigenvalue weighted by molar-refractivity contribution is -0.126. The molecule has 1 aliphatic carbocycles. The molecule has 0 atom stereocenters. The summed E-state index contributed by atoms with van der Waals surface area (Å²) < 4.78 is 1.64. The smallest absolute Gasteiger partial charge is 0.273 e. The third kappa shape index (κ3) is 4.47. The van der Waals surface area contributed by atoms with Crippen molar-refractivity contribution >= 4 is 23.4 Å². The molecule has 1 saturated carbocycles. The number of carbonyl (C=O) groups excluding carboxylic acids is 2. The van der Waals surface area contributed by atoms with Crippen molar-refractivity contribution in [1.29, 1.82) is 0 Å². The first-order valence-electron chi connectivity index (χ1n) is 8.37. The maximum atomic E-state index is 12.3. The summed E-state index contributed by atoms with van der Waals surface area (Å²) in [7, 11) is 0. The molecule has 0 aliphatic heterocycles. The number of hydrogen-bond donors (Lipinski definition) is 2. The number of nitrogens with one attached hydrogen (secondary N) is 2. The number of unbranched alkanes of at least 4 members (excludes halogenated alkanes) is 1. The Hall–Kier alpha value is -1.56. The van der Waals surface area contributed by atoms with Crippen LogP contribution in [0.3, 0.4) is 0 Å². The fraction of sp³-hybridized carbons (Fsp3) is 0.688. The first-order valence-corrected chi connectivity index (χ1v) is 8.75. The number of aryl methyl sites for hydroxylation is 2. The molecule has 7 heteroatoms. The van der Waals surface area contributed by atoms with Crippen molar-refractivity contribution in [2.24, 2.45) is 5.92 Å². The highest BCUT2D eigenvalue weighted by molar-refractivity contribution is 6.33. The van der Waals surface area contributed by atoms with Crippen LogP contribution in [0.4, 0.5) is 0 Å². The number of aromatic nitrogens is 2. The third-order valence-electron chi connectivity index (χ3n) is 4.29. The molecule has 23 heavy (non-hydrogen) atoms. The average molecular weight is 341 g/mol. The van der Waals surface area contributed by atoms with Gasteiger partial charge in [0.2, 0.25) is 5.91 Å². The highest BCUT2D eigenvalue weighted by Gasteiger charge is 2.24. The molecule has 2 N–H and O–H groups in total. The van der Waals surface area contributed by atoms with Crippen molar-refractivity contribution in [3.63, 3.8) is 0 Å². The number of rotatable bonds is 5. The highest BCUT2D eigenvalue weighted by atomic mass is 35.5. The zero-order chi connectivity index (χ0) is 16.8. The van der Waals surface area contributed by atoms with Gasteiger partial charge < -0.3 is 0 Å². The number of hydrazine groups is 1. The van der Waals surface area contributed by atoms with Gasteiger partial charge in [0.25, 0.3) is 5.91 Å². The molecule has 1 heterocycles. The van der Waals surface area contributed by atoms with Crippen LogP contribution < -0.4 is 10.9 Å². The Morgan fingerprint density at radius 1 is 1.26 bits per heavy atom. The quantitative estimate of drug-likeness (QED) is 0.809. The molecule has 1 aromatic rings. The Morgan fingerprint density at radius 3 is 2.61 bits per heavy atom. The maximum Gasteiger partial charge on any atom is 0.274 e. The van der Waals surface area contributed by atoms with E-state index in [-0.39, 0.29) is 11.8 Å².